The Labute approximate surface area is 140 Å². The molecule has 0 spiro atoms. The van der Waals surface area contributed by atoms with E-state index in [-0.39, 0.29) is 11.0 Å². The SMILES string of the molecule is CC1(C)COc2ccc(COc3ccc(C(=O)O)cc3)cc2OC1. The summed E-state index contributed by atoms with van der Waals surface area (Å²) in [6.07, 6.45) is 0. The van der Waals surface area contributed by atoms with Crippen LogP contribution in [0.3, 0.4) is 0 Å². The Morgan fingerprint density at radius 1 is 1.08 bits per heavy atom. The fourth-order valence-corrected chi connectivity index (χ4v) is 2.32. The Bertz CT molecular complexity index is 734. The summed E-state index contributed by atoms with van der Waals surface area (Å²) >= 11 is 0. The Hall–Kier alpha value is -2.69. The van der Waals surface area contributed by atoms with Crippen LogP contribution >= 0.6 is 0 Å². The Kier molecular flexibility index (Phi) is 4.34. The van der Waals surface area contributed by atoms with Crippen molar-refractivity contribution in [3.8, 4) is 17.2 Å². The number of fused-ring (bicyclic) bond motifs is 1. The molecule has 2 aromatic carbocycles. The summed E-state index contributed by atoms with van der Waals surface area (Å²) in [6, 6.07) is 12.1. The van der Waals surface area contributed by atoms with E-state index >= 15 is 0 Å². The normalized spacial score (nSPS) is 15.4. The van der Waals surface area contributed by atoms with Crippen molar-refractivity contribution >= 4 is 5.97 Å². The monoisotopic (exact) mass is 328 g/mol. The van der Waals surface area contributed by atoms with Crippen molar-refractivity contribution in [2.75, 3.05) is 13.2 Å². The van der Waals surface area contributed by atoms with Crippen LogP contribution in [0.15, 0.2) is 42.5 Å². The number of ether oxygens (including phenoxy) is 3. The maximum absolute atomic E-state index is 10.8. The molecule has 5 nitrogen and oxygen atoms in total. The summed E-state index contributed by atoms with van der Waals surface area (Å²) in [5, 5.41) is 8.89. The van der Waals surface area contributed by atoms with Crippen molar-refractivity contribution in [3.63, 3.8) is 0 Å². The lowest BCUT2D eigenvalue weighted by atomic mass is 9.97. The standard InChI is InChI=1S/C19H20O5/c1-19(2)11-23-16-8-3-13(9-17(16)24-12-19)10-22-15-6-4-14(5-7-15)18(20)21/h3-9H,10-12H2,1-2H3,(H,20,21). The number of carbonyl (C=O) groups is 1. The van der Waals surface area contributed by atoms with E-state index in [1.165, 1.54) is 12.1 Å². The lowest BCUT2D eigenvalue weighted by molar-refractivity contribution is 0.0697. The molecule has 1 aliphatic heterocycles. The molecule has 2 aromatic rings. The second-order valence-corrected chi connectivity index (χ2v) is 6.64. The zero-order valence-electron chi connectivity index (χ0n) is 13.7. The molecule has 0 saturated heterocycles. The zero-order chi connectivity index (χ0) is 17.2. The van der Waals surface area contributed by atoms with Crippen molar-refractivity contribution < 1.29 is 24.1 Å². The molecule has 0 bridgehead atoms. The second-order valence-electron chi connectivity index (χ2n) is 6.64. The molecule has 0 saturated carbocycles. The molecule has 0 aliphatic carbocycles. The first-order valence-corrected chi connectivity index (χ1v) is 7.78. The van der Waals surface area contributed by atoms with E-state index in [2.05, 4.69) is 13.8 Å². The van der Waals surface area contributed by atoms with Crippen LogP contribution in [0.4, 0.5) is 0 Å². The highest BCUT2D eigenvalue weighted by Crippen LogP contribution is 2.34. The molecule has 0 unspecified atom stereocenters. The average Bonchev–Trinajstić information content (AvgIpc) is 2.72. The van der Waals surface area contributed by atoms with Gasteiger partial charge in [0.25, 0.3) is 0 Å². The molecular formula is C19H20O5. The highest BCUT2D eigenvalue weighted by Gasteiger charge is 2.25. The molecule has 1 heterocycles. The van der Waals surface area contributed by atoms with Gasteiger partial charge in [0.2, 0.25) is 0 Å². The predicted molar refractivity (Wildman–Crippen MR) is 88.9 cm³/mol. The maximum Gasteiger partial charge on any atom is 0.335 e. The maximum atomic E-state index is 10.8. The van der Waals surface area contributed by atoms with Crippen LogP contribution in [0.5, 0.6) is 17.2 Å². The van der Waals surface area contributed by atoms with Crippen molar-refractivity contribution in [2.45, 2.75) is 20.5 Å². The first-order valence-electron chi connectivity index (χ1n) is 7.78. The third kappa shape index (κ3) is 3.79. The van der Waals surface area contributed by atoms with Crippen LogP contribution in [-0.2, 0) is 6.61 Å². The van der Waals surface area contributed by atoms with Crippen molar-refractivity contribution in [2.24, 2.45) is 5.41 Å². The predicted octanol–water partition coefficient (Wildman–Crippen LogP) is 3.76. The van der Waals surface area contributed by atoms with E-state index in [4.69, 9.17) is 19.3 Å². The number of carboxylic acid groups (broad SMARTS) is 1. The number of carboxylic acids is 1. The van der Waals surface area contributed by atoms with Crippen LogP contribution in [0, 0.1) is 5.41 Å². The summed E-state index contributed by atoms with van der Waals surface area (Å²) < 4.78 is 17.3. The van der Waals surface area contributed by atoms with E-state index < -0.39 is 5.97 Å². The summed E-state index contributed by atoms with van der Waals surface area (Å²) in [6.45, 7) is 5.78. The van der Waals surface area contributed by atoms with Crippen LogP contribution in [0.25, 0.3) is 0 Å². The Morgan fingerprint density at radius 2 is 1.75 bits per heavy atom. The van der Waals surface area contributed by atoms with Gasteiger partial charge in [0.15, 0.2) is 11.5 Å². The van der Waals surface area contributed by atoms with Gasteiger partial charge in [-0.3, -0.25) is 0 Å². The molecule has 0 radical (unpaired) electrons. The third-order valence-electron chi connectivity index (χ3n) is 3.75. The van der Waals surface area contributed by atoms with Gasteiger partial charge in [0.1, 0.15) is 12.4 Å². The first kappa shape index (κ1) is 16.2. The van der Waals surface area contributed by atoms with E-state index in [1.807, 2.05) is 18.2 Å². The van der Waals surface area contributed by atoms with E-state index in [0.717, 1.165) is 17.1 Å². The van der Waals surface area contributed by atoms with Gasteiger partial charge in [-0.25, -0.2) is 4.79 Å². The lowest BCUT2D eigenvalue weighted by Crippen LogP contribution is -2.26. The molecular weight excluding hydrogens is 308 g/mol. The van der Waals surface area contributed by atoms with Crippen molar-refractivity contribution in [1.82, 2.24) is 0 Å². The van der Waals surface area contributed by atoms with E-state index in [1.54, 1.807) is 12.1 Å². The van der Waals surface area contributed by atoms with Gasteiger partial charge in [-0.05, 0) is 42.0 Å². The molecule has 126 valence electrons. The minimum absolute atomic E-state index is 0.0262. The topological polar surface area (TPSA) is 65.0 Å². The minimum atomic E-state index is -0.952. The average molecular weight is 328 g/mol. The highest BCUT2D eigenvalue weighted by atomic mass is 16.5. The highest BCUT2D eigenvalue weighted by molar-refractivity contribution is 5.87. The quantitative estimate of drug-likeness (QED) is 0.926. The van der Waals surface area contributed by atoms with Gasteiger partial charge >= 0.3 is 5.97 Å². The Balaban J connectivity index is 1.66. The van der Waals surface area contributed by atoms with E-state index in [0.29, 0.717) is 25.6 Å². The number of benzene rings is 2. The molecule has 24 heavy (non-hydrogen) atoms. The molecule has 1 N–H and O–H groups in total. The summed E-state index contributed by atoms with van der Waals surface area (Å²) in [4.78, 5) is 10.8. The van der Waals surface area contributed by atoms with Gasteiger partial charge in [-0.1, -0.05) is 19.9 Å². The zero-order valence-corrected chi connectivity index (χ0v) is 13.7. The van der Waals surface area contributed by atoms with Gasteiger partial charge in [0.05, 0.1) is 18.8 Å². The van der Waals surface area contributed by atoms with Crippen LogP contribution in [0.2, 0.25) is 0 Å². The molecule has 0 aromatic heterocycles. The number of aromatic carboxylic acids is 1. The van der Waals surface area contributed by atoms with Crippen molar-refractivity contribution in [3.05, 3.63) is 53.6 Å². The third-order valence-corrected chi connectivity index (χ3v) is 3.75. The number of hydrogen-bond acceptors (Lipinski definition) is 4. The minimum Gasteiger partial charge on any atom is -0.489 e. The van der Waals surface area contributed by atoms with Gasteiger partial charge in [0, 0.05) is 5.41 Å². The summed E-state index contributed by atoms with van der Waals surface area (Å²) in [5.41, 5.74) is 1.17. The van der Waals surface area contributed by atoms with Gasteiger partial charge in [-0.15, -0.1) is 0 Å². The fraction of sp³-hybridized carbons (Fsp3) is 0.316. The molecule has 5 heteroatoms. The van der Waals surface area contributed by atoms with E-state index in [9.17, 15) is 4.79 Å². The van der Waals surface area contributed by atoms with Gasteiger partial charge in [-0.2, -0.15) is 0 Å². The second kappa shape index (κ2) is 6.43. The van der Waals surface area contributed by atoms with Crippen LogP contribution in [0.1, 0.15) is 29.8 Å². The summed E-state index contributed by atoms with van der Waals surface area (Å²) in [5.74, 6) is 1.14. The molecule has 0 fully saturated rings. The van der Waals surface area contributed by atoms with Crippen LogP contribution < -0.4 is 14.2 Å². The molecule has 0 amide bonds. The first-order chi connectivity index (χ1) is 11.4. The van der Waals surface area contributed by atoms with Crippen molar-refractivity contribution in [1.29, 1.82) is 0 Å². The lowest BCUT2D eigenvalue weighted by Gasteiger charge is -2.19. The molecule has 3 rings (SSSR count). The molecule has 1 aliphatic rings. The Morgan fingerprint density at radius 3 is 2.42 bits per heavy atom. The smallest absolute Gasteiger partial charge is 0.335 e. The fourth-order valence-electron chi connectivity index (χ4n) is 2.32. The van der Waals surface area contributed by atoms with Crippen LogP contribution in [-0.4, -0.2) is 24.3 Å². The largest absolute Gasteiger partial charge is 0.489 e. The number of hydrogen-bond donors (Lipinski definition) is 1. The summed E-state index contributed by atoms with van der Waals surface area (Å²) in [7, 11) is 0. The van der Waals surface area contributed by atoms with Gasteiger partial charge < -0.3 is 19.3 Å². The molecule has 0 atom stereocenters. The number of rotatable bonds is 4.